The highest BCUT2D eigenvalue weighted by Gasteiger charge is 2.22. The van der Waals surface area contributed by atoms with Crippen LogP contribution in [0, 0.1) is 5.92 Å². The normalized spacial score (nSPS) is 20.3. The van der Waals surface area contributed by atoms with Gasteiger partial charge in [0.2, 0.25) is 0 Å². The monoisotopic (exact) mass is 411 g/mol. The molecule has 0 aromatic heterocycles. The Kier molecular flexibility index (Phi) is 7.71. The van der Waals surface area contributed by atoms with E-state index in [4.69, 9.17) is 5.73 Å². The highest BCUT2D eigenvalue weighted by molar-refractivity contribution is 5.95. The lowest BCUT2D eigenvalue weighted by molar-refractivity contribution is 0.0997. The molecule has 1 aliphatic rings. The molecule has 0 aliphatic heterocycles. The average molecular weight is 412 g/mol. The molecule has 1 saturated carbocycles. The van der Waals surface area contributed by atoms with Crippen LogP contribution in [0.1, 0.15) is 54.1 Å². The second kappa shape index (κ2) is 10.5. The van der Waals surface area contributed by atoms with Gasteiger partial charge in [-0.25, -0.2) is 0 Å². The van der Waals surface area contributed by atoms with Gasteiger partial charge in [0.1, 0.15) is 5.75 Å². The van der Waals surface area contributed by atoms with Crippen molar-refractivity contribution in [1.82, 2.24) is 5.32 Å². The minimum absolute atomic E-state index is 0.0324. The summed E-state index contributed by atoms with van der Waals surface area (Å²) >= 11 is 0. The Morgan fingerprint density at radius 1 is 1.20 bits per heavy atom. The summed E-state index contributed by atoms with van der Waals surface area (Å²) in [7, 11) is 2.15. The van der Waals surface area contributed by atoms with Crippen molar-refractivity contribution in [3.05, 3.63) is 59.7 Å². The van der Waals surface area contributed by atoms with Crippen LogP contribution in [0.4, 0.5) is 5.69 Å². The lowest BCUT2D eigenvalue weighted by Crippen LogP contribution is -2.35. The number of carbonyl (C=O) groups excluding carboxylic acids is 1. The number of carbonyl (C=O) groups is 1. The third-order valence-corrected chi connectivity index (χ3v) is 6.03. The van der Waals surface area contributed by atoms with Crippen molar-refractivity contribution in [2.45, 2.75) is 44.2 Å². The van der Waals surface area contributed by atoms with Crippen molar-refractivity contribution in [2.75, 3.05) is 25.0 Å². The second-order valence-electron chi connectivity index (χ2n) is 8.36. The van der Waals surface area contributed by atoms with Crippen LogP contribution in [0.3, 0.4) is 0 Å². The number of para-hydroxylation sites is 1. The predicted molar refractivity (Wildman–Crippen MR) is 120 cm³/mol. The minimum atomic E-state index is -0.766. The summed E-state index contributed by atoms with van der Waals surface area (Å²) < 4.78 is 0. The van der Waals surface area contributed by atoms with Gasteiger partial charge in [-0.3, -0.25) is 4.79 Å². The molecule has 0 radical (unpaired) electrons. The Morgan fingerprint density at radius 3 is 2.67 bits per heavy atom. The number of hydrogen-bond donors (Lipinski definition) is 4. The Hall–Kier alpha value is -2.57. The first-order valence-electron chi connectivity index (χ1n) is 10.7. The van der Waals surface area contributed by atoms with E-state index in [9.17, 15) is 15.0 Å². The molecule has 5 N–H and O–H groups in total. The maximum atomic E-state index is 11.4. The fourth-order valence-corrected chi connectivity index (χ4v) is 4.34. The van der Waals surface area contributed by atoms with Gasteiger partial charge in [-0.2, -0.15) is 0 Å². The zero-order chi connectivity index (χ0) is 21.5. The van der Waals surface area contributed by atoms with Crippen LogP contribution < -0.4 is 16.0 Å². The van der Waals surface area contributed by atoms with Crippen LogP contribution in [-0.2, 0) is 0 Å². The molecule has 1 amide bonds. The molecule has 3 rings (SSSR count). The quantitative estimate of drug-likeness (QED) is 0.500. The number of nitrogens with one attached hydrogen (secondary N) is 1. The van der Waals surface area contributed by atoms with E-state index < -0.39 is 12.0 Å². The molecule has 0 bridgehead atoms. The Bertz CT molecular complexity index is 828. The van der Waals surface area contributed by atoms with Gasteiger partial charge >= 0.3 is 0 Å². The summed E-state index contributed by atoms with van der Waals surface area (Å²) in [6.07, 6.45) is 5.04. The van der Waals surface area contributed by atoms with E-state index in [1.165, 1.54) is 37.1 Å². The molecule has 0 heterocycles. The van der Waals surface area contributed by atoms with E-state index in [1.54, 1.807) is 6.07 Å². The molecular weight excluding hydrogens is 378 g/mol. The fourth-order valence-electron chi connectivity index (χ4n) is 4.34. The Balaban J connectivity index is 1.55. The van der Waals surface area contributed by atoms with E-state index in [0.717, 1.165) is 19.4 Å². The third-order valence-electron chi connectivity index (χ3n) is 6.03. The number of hydrogen-bond acceptors (Lipinski definition) is 5. The highest BCUT2D eigenvalue weighted by atomic mass is 16.3. The van der Waals surface area contributed by atoms with Gasteiger partial charge in [-0.1, -0.05) is 37.1 Å². The molecular formula is C24H33N3O3. The number of nitrogens with zero attached hydrogens (tertiary/aromatic N) is 1. The zero-order valence-electron chi connectivity index (χ0n) is 17.6. The number of aliphatic hydroxyl groups excluding tert-OH is 1. The van der Waals surface area contributed by atoms with E-state index >= 15 is 0 Å². The molecule has 6 nitrogen and oxygen atoms in total. The zero-order valence-corrected chi connectivity index (χ0v) is 17.6. The Morgan fingerprint density at radius 2 is 1.93 bits per heavy atom. The van der Waals surface area contributed by atoms with Crippen molar-refractivity contribution in [3.63, 3.8) is 0 Å². The topological polar surface area (TPSA) is 98.8 Å². The summed E-state index contributed by atoms with van der Waals surface area (Å²) in [5.74, 6) is -0.272. The minimum Gasteiger partial charge on any atom is -0.507 e. The van der Waals surface area contributed by atoms with Crippen molar-refractivity contribution >= 4 is 11.6 Å². The van der Waals surface area contributed by atoms with Crippen molar-refractivity contribution < 1.29 is 15.0 Å². The van der Waals surface area contributed by atoms with E-state index in [1.807, 2.05) is 6.07 Å². The van der Waals surface area contributed by atoms with E-state index in [0.29, 0.717) is 24.1 Å². The molecule has 6 heteroatoms. The molecule has 3 atom stereocenters. The van der Waals surface area contributed by atoms with Crippen LogP contribution in [0.2, 0.25) is 0 Å². The van der Waals surface area contributed by atoms with Gasteiger partial charge < -0.3 is 26.2 Å². The molecule has 3 unspecified atom stereocenters. The van der Waals surface area contributed by atoms with Crippen LogP contribution >= 0.6 is 0 Å². The SMILES string of the molecule is CN(CC1CCCCC(NCC(O)c2ccc(O)c(C(N)=O)c2)C1)c1ccccc1. The summed E-state index contributed by atoms with van der Waals surface area (Å²) in [6.45, 7) is 1.42. The number of aliphatic hydroxyl groups is 1. The highest BCUT2D eigenvalue weighted by Crippen LogP contribution is 2.27. The molecule has 2 aromatic carbocycles. The number of aromatic hydroxyl groups is 1. The number of benzene rings is 2. The number of rotatable bonds is 8. The number of anilines is 1. The smallest absolute Gasteiger partial charge is 0.252 e. The standard InChI is InChI=1S/C24H33N3O3/c1-27(20-9-3-2-4-10-20)16-17-7-5-6-8-19(13-17)26-15-23(29)18-11-12-22(28)21(14-18)24(25)30/h2-4,9-12,14,17,19,23,26,28-29H,5-8,13,15-16H2,1H3,(H2,25,30). The average Bonchev–Trinajstić information content (AvgIpc) is 2.97. The lowest BCUT2D eigenvalue weighted by atomic mass is 9.96. The first-order chi connectivity index (χ1) is 14.4. The number of nitrogens with two attached hydrogens (primary N) is 1. The molecule has 162 valence electrons. The maximum Gasteiger partial charge on any atom is 0.252 e. The summed E-state index contributed by atoms with van der Waals surface area (Å²) in [6, 6.07) is 15.3. The summed E-state index contributed by atoms with van der Waals surface area (Å²) in [4.78, 5) is 13.8. The Labute approximate surface area is 178 Å². The molecule has 1 fully saturated rings. The van der Waals surface area contributed by atoms with Crippen LogP contribution in [0.25, 0.3) is 0 Å². The second-order valence-corrected chi connectivity index (χ2v) is 8.36. The third kappa shape index (κ3) is 5.97. The largest absolute Gasteiger partial charge is 0.507 e. The molecule has 2 aromatic rings. The van der Waals surface area contributed by atoms with Gasteiger partial charge in [-0.05, 0) is 55.0 Å². The van der Waals surface area contributed by atoms with Crippen molar-refractivity contribution in [2.24, 2.45) is 11.7 Å². The predicted octanol–water partition coefficient (Wildman–Crippen LogP) is 3.20. The molecule has 0 saturated heterocycles. The van der Waals surface area contributed by atoms with Crippen LogP contribution in [0.5, 0.6) is 5.75 Å². The lowest BCUT2D eigenvalue weighted by Gasteiger charge is -2.28. The molecule has 30 heavy (non-hydrogen) atoms. The van der Waals surface area contributed by atoms with Gasteiger partial charge in [0.25, 0.3) is 5.91 Å². The van der Waals surface area contributed by atoms with Gasteiger partial charge in [0, 0.05) is 31.9 Å². The van der Waals surface area contributed by atoms with Crippen molar-refractivity contribution in [3.8, 4) is 5.75 Å². The summed E-state index contributed by atoms with van der Waals surface area (Å²) in [5, 5.41) is 23.8. The molecule has 1 aliphatic carbocycles. The van der Waals surface area contributed by atoms with Gasteiger partial charge in [-0.15, -0.1) is 0 Å². The van der Waals surface area contributed by atoms with E-state index in [2.05, 4.69) is 41.5 Å². The van der Waals surface area contributed by atoms with Crippen LogP contribution in [-0.4, -0.2) is 42.3 Å². The number of amides is 1. The maximum absolute atomic E-state index is 11.4. The van der Waals surface area contributed by atoms with Gasteiger partial charge in [0.05, 0.1) is 11.7 Å². The van der Waals surface area contributed by atoms with E-state index in [-0.39, 0.29) is 11.3 Å². The van der Waals surface area contributed by atoms with Crippen LogP contribution in [0.15, 0.2) is 48.5 Å². The summed E-state index contributed by atoms with van der Waals surface area (Å²) in [5.41, 5.74) is 7.13. The van der Waals surface area contributed by atoms with Crippen molar-refractivity contribution in [1.29, 1.82) is 0 Å². The van der Waals surface area contributed by atoms with Gasteiger partial charge in [0.15, 0.2) is 0 Å². The molecule has 0 spiro atoms. The first kappa shape index (κ1) is 22.1. The first-order valence-corrected chi connectivity index (χ1v) is 10.7. The number of phenols is 1. The fraction of sp³-hybridized carbons (Fsp3) is 0.458. The number of primary amides is 1.